The lowest BCUT2D eigenvalue weighted by Gasteiger charge is -2.37. The van der Waals surface area contributed by atoms with Crippen LogP contribution in [0.15, 0.2) is 42.5 Å². The number of hydrogen-bond acceptors (Lipinski definition) is 14. The van der Waals surface area contributed by atoms with E-state index in [9.17, 15) is 52.7 Å². The van der Waals surface area contributed by atoms with E-state index in [1.807, 2.05) is 0 Å². The first-order valence-corrected chi connectivity index (χ1v) is 19.4. The molecule has 1 aromatic carbocycles. The Balaban J connectivity index is 2.23. The molecule has 1 aromatic rings. The van der Waals surface area contributed by atoms with E-state index in [-0.39, 0.29) is 25.0 Å². The summed E-state index contributed by atoms with van der Waals surface area (Å²) in [4.78, 5) is 142. The van der Waals surface area contributed by atoms with E-state index in [0.717, 1.165) is 17.1 Å². The molecule has 22 nitrogen and oxygen atoms in total. The van der Waals surface area contributed by atoms with Crippen LogP contribution in [0.5, 0.6) is 0 Å². The first-order chi connectivity index (χ1) is 28.9. The lowest BCUT2D eigenvalue weighted by Crippen LogP contribution is -2.60. The fraction of sp³-hybridized carbons (Fsp3) is 0.525. The molecule has 1 heterocycles. The minimum absolute atomic E-state index is 0.0280. The number of carbonyl (C=O) groups is 11. The quantitative estimate of drug-likeness (QED) is 0.0327. The standard InChI is InChI=1S/C40H55N7O15/c1-24(48)13-14-27(37(58)61-39(2,3)4)46(38(59)62-40(5,6)7)21-28(47-32(52)15-16-33(47)53)36(57)43-18-29(49)41-20-31(51)45-26(17-25-11-9-8-10-12-25)35(56)42-19-30(50)44-23-60-22-34(54)55/h8-12,15-16,26-28H,13-14,17-23H2,1-7H3,(H,41,49)(H,42,56)(H,43,57)(H,44,50)(H,45,51)(H,54,55)/t26-,27-,28-/m0/s1. The first kappa shape index (κ1) is 51.4. The lowest BCUT2D eigenvalue weighted by atomic mass is 10.1. The van der Waals surface area contributed by atoms with Gasteiger partial charge in [-0.05, 0) is 60.5 Å². The number of esters is 1. The zero-order valence-corrected chi connectivity index (χ0v) is 35.7. The molecule has 0 spiro atoms. The summed E-state index contributed by atoms with van der Waals surface area (Å²) in [5.41, 5.74) is -1.57. The van der Waals surface area contributed by atoms with Crippen molar-refractivity contribution in [3.8, 4) is 0 Å². The van der Waals surface area contributed by atoms with Crippen molar-refractivity contribution >= 4 is 65.2 Å². The number of Topliss-reactive ketones (excluding diaryl/α,β-unsaturated/α-hetero) is 1. The highest BCUT2D eigenvalue weighted by Crippen LogP contribution is 2.22. The van der Waals surface area contributed by atoms with Crippen LogP contribution in [-0.4, -0.2) is 149 Å². The van der Waals surface area contributed by atoms with Gasteiger partial charge in [-0.15, -0.1) is 0 Å². The molecule has 3 atom stereocenters. The van der Waals surface area contributed by atoms with Crippen molar-refractivity contribution in [1.29, 1.82) is 0 Å². The van der Waals surface area contributed by atoms with Crippen LogP contribution < -0.4 is 26.6 Å². The van der Waals surface area contributed by atoms with Crippen molar-refractivity contribution < 1.29 is 72.1 Å². The van der Waals surface area contributed by atoms with Crippen LogP contribution in [0, 0.1) is 0 Å². The highest BCUT2D eigenvalue weighted by molar-refractivity contribution is 6.15. The smallest absolute Gasteiger partial charge is 0.411 e. The molecule has 6 N–H and O–H groups in total. The van der Waals surface area contributed by atoms with Gasteiger partial charge < -0.3 is 50.7 Å². The fourth-order valence-corrected chi connectivity index (χ4v) is 5.40. The molecule has 0 saturated heterocycles. The van der Waals surface area contributed by atoms with E-state index in [1.165, 1.54) is 27.7 Å². The van der Waals surface area contributed by atoms with Crippen LogP contribution in [0.1, 0.15) is 66.9 Å². The number of nitrogens with zero attached hydrogens (tertiary/aromatic N) is 2. The summed E-state index contributed by atoms with van der Waals surface area (Å²) in [5.74, 6) is -8.86. The predicted molar refractivity (Wildman–Crippen MR) is 215 cm³/mol. The van der Waals surface area contributed by atoms with Gasteiger partial charge >= 0.3 is 18.0 Å². The third kappa shape index (κ3) is 19.1. The summed E-state index contributed by atoms with van der Waals surface area (Å²) >= 11 is 0. The number of imide groups is 1. The van der Waals surface area contributed by atoms with Crippen molar-refractivity contribution in [2.24, 2.45) is 0 Å². The van der Waals surface area contributed by atoms with E-state index in [0.29, 0.717) is 10.5 Å². The number of carboxylic acids is 1. The number of rotatable bonds is 23. The maximum atomic E-state index is 13.8. The Labute approximate surface area is 357 Å². The van der Waals surface area contributed by atoms with Gasteiger partial charge in [-0.2, -0.15) is 0 Å². The maximum Gasteiger partial charge on any atom is 0.411 e. The molecule has 0 saturated carbocycles. The monoisotopic (exact) mass is 873 g/mol. The second kappa shape index (κ2) is 23.9. The van der Waals surface area contributed by atoms with Gasteiger partial charge in [0.05, 0.1) is 26.2 Å². The number of hydrogen-bond donors (Lipinski definition) is 6. The SMILES string of the molecule is CC(=O)CC[C@@H](C(=O)OC(C)(C)C)N(C[C@@H](C(=O)NCC(=O)NCC(=O)N[C@@H](Cc1ccccc1)C(=O)NCC(=O)NCOCC(=O)O)N1C(=O)C=CC1=O)C(=O)OC(C)(C)C. The zero-order chi connectivity index (χ0) is 46.8. The van der Waals surface area contributed by atoms with Crippen LogP contribution in [0.25, 0.3) is 0 Å². The van der Waals surface area contributed by atoms with Gasteiger partial charge in [-0.1, -0.05) is 30.3 Å². The highest BCUT2D eigenvalue weighted by atomic mass is 16.6. The van der Waals surface area contributed by atoms with Gasteiger partial charge in [-0.3, -0.25) is 43.4 Å². The Morgan fingerprint density at radius 2 is 1.29 bits per heavy atom. The van der Waals surface area contributed by atoms with Gasteiger partial charge in [0.2, 0.25) is 29.5 Å². The van der Waals surface area contributed by atoms with Crippen LogP contribution in [-0.2, 0) is 68.6 Å². The fourth-order valence-electron chi connectivity index (χ4n) is 5.40. The first-order valence-electron chi connectivity index (χ1n) is 19.4. The Hall–Kier alpha value is -6.71. The van der Waals surface area contributed by atoms with E-state index >= 15 is 0 Å². The molecular weight excluding hydrogens is 818 g/mol. The molecule has 340 valence electrons. The topological polar surface area (TPSA) is 302 Å². The largest absolute Gasteiger partial charge is 0.480 e. The molecule has 0 fully saturated rings. The number of benzene rings is 1. The molecule has 0 aromatic heterocycles. The maximum absolute atomic E-state index is 13.8. The molecule has 0 bridgehead atoms. The average molecular weight is 874 g/mol. The highest BCUT2D eigenvalue weighted by Gasteiger charge is 2.43. The Morgan fingerprint density at radius 3 is 1.84 bits per heavy atom. The van der Waals surface area contributed by atoms with Gasteiger partial charge in [0.25, 0.3) is 11.8 Å². The molecule has 0 unspecified atom stereocenters. The molecule has 2 rings (SSSR count). The minimum Gasteiger partial charge on any atom is -0.480 e. The van der Waals surface area contributed by atoms with Crippen molar-refractivity contribution in [1.82, 2.24) is 36.4 Å². The predicted octanol–water partition coefficient (Wildman–Crippen LogP) is -1.15. The molecule has 1 aliphatic heterocycles. The summed E-state index contributed by atoms with van der Waals surface area (Å²) in [6.07, 6.45) is 0.103. The van der Waals surface area contributed by atoms with E-state index in [2.05, 4.69) is 26.6 Å². The number of ketones is 1. The average Bonchev–Trinajstić information content (AvgIpc) is 3.49. The minimum atomic E-state index is -1.85. The summed E-state index contributed by atoms with van der Waals surface area (Å²) in [5, 5.41) is 20.2. The molecule has 0 aliphatic carbocycles. The van der Waals surface area contributed by atoms with Gasteiger partial charge in [0.15, 0.2) is 0 Å². The Morgan fingerprint density at radius 1 is 0.742 bits per heavy atom. The number of carboxylic acid groups (broad SMARTS) is 1. The van der Waals surface area contributed by atoms with Gasteiger partial charge in [0.1, 0.15) is 48.4 Å². The number of ether oxygens (including phenoxy) is 3. The summed E-state index contributed by atoms with van der Waals surface area (Å²) in [6, 6.07) is 3.87. The summed E-state index contributed by atoms with van der Waals surface area (Å²) < 4.78 is 15.8. The normalized spacial score (nSPS) is 13.8. The second-order valence-electron chi connectivity index (χ2n) is 15.8. The van der Waals surface area contributed by atoms with Crippen molar-refractivity contribution in [3.05, 3.63) is 48.0 Å². The van der Waals surface area contributed by atoms with Gasteiger partial charge in [-0.25, -0.2) is 14.4 Å². The third-order valence-corrected chi connectivity index (χ3v) is 8.10. The molecule has 62 heavy (non-hydrogen) atoms. The van der Waals surface area contributed by atoms with Crippen LogP contribution in [0.2, 0.25) is 0 Å². The van der Waals surface area contributed by atoms with Crippen molar-refractivity contribution in [3.63, 3.8) is 0 Å². The van der Waals surface area contributed by atoms with Crippen LogP contribution in [0.3, 0.4) is 0 Å². The zero-order valence-electron chi connectivity index (χ0n) is 35.7. The summed E-state index contributed by atoms with van der Waals surface area (Å²) in [6.45, 7) is 6.58. The van der Waals surface area contributed by atoms with Crippen molar-refractivity contribution in [2.75, 3.05) is 39.5 Å². The van der Waals surface area contributed by atoms with E-state index in [1.54, 1.807) is 51.1 Å². The van der Waals surface area contributed by atoms with Crippen molar-refractivity contribution in [2.45, 2.75) is 97.1 Å². The molecular formula is C40H55N7O15. The molecule has 0 radical (unpaired) electrons. The number of aliphatic carboxylic acids is 1. The second-order valence-corrected chi connectivity index (χ2v) is 15.8. The molecule has 8 amide bonds. The Bertz CT molecular complexity index is 1850. The number of amides is 8. The van der Waals surface area contributed by atoms with Gasteiger partial charge in [0, 0.05) is 25.0 Å². The van der Waals surface area contributed by atoms with E-state index in [4.69, 9.17) is 19.3 Å². The third-order valence-electron chi connectivity index (χ3n) is 8.10. The lowest BCUT2D eigenvalue weighted by molar-refractivity contribution is -0.162. The van der Waals surface area contributed by atoms with E-state index < -0.39 is 128 Å². The van der Waals surface area contributed by atoms with Crippen LogP contribution >= 0.6 is 0 Å². The molecule has 22 heteroatoms. The van der Waals surface area contributed by atoms with Crippen LogP contribution in [0.4, 0.5) is 4.79 Å². The number of nitrogens with one attached hydrogen (secondary N) is 5. The molecule has 1 aliphatic rings. The number of carbonyl (C=O) groups excluding carboxylic acids is 10. The Kier molecular flexibility index (Phi) is 19.8. The summed E-state index contributed by atoms with van der Waals surface area (Å²) in [7, 11) is 0.